The van der Waals surface area contributed by atoms with Gasteiger partial charge in [-0.1, -0.05) is 0 Å². The largest absolute Gasteiger partial charge is 0.461 e. The third-order valence-electron chi connectivity index (χ3n) is 8.24. The molecule has 3 aromatic rings. The first kappa shape index (κ1) is 30.6. The third-order valence-corrected chi connectivity index (χ3v) is 9.21. The Morgan fingerprint density at radius 1 is 1.02 bits per heavy atom. The number of aromatic nitrogens is 1. The zero-order chi connectivity index (χ0) is 31.3. The van der Waals surface area contributed by atoms with Crippen LogP contribution in [-0.2, 0) is 9.59 Å². The number of pyridine rings is 1. The first-order chi connectivity index (χ1) is 21.8. The fourth-order valence-electron chi connectivity index (χ4n) is 5.80. The van der Waals surface area contributed by atoms with Gasteiger partial charge in [0.2, 0.25) is 17.8 Å². The fourth-order valence-corrected chi connectivity index (χ4v) is 6.75. The van der Waals surface area contributed by atoms with E-state index in [1.54, 1.807) is 33.7 Å². The number of rotatable bonds is 6. The Balaban J connectivity index is 1.23. The van der Waals surface area contributed by atoms with Gasteiger partial charge in [0.1, 0.15) is 23.1 Å². The minimum absolute atomic E-state index is 0.0311. The summed E-state index contributed by atoms with van der Waals surface area (Å²) in [6.07, 6.45) is 5.34. The molecule has 3 saturated heterocycles. The number of guanidine groups is 1. The SMILES string of the molecule is Cc1cc2cc(NC(=NC3CCCCN(CC(=O)N4CCCC4)C3=O)NC(=O)c3ccc(C(=O)N4CCSC4)nc3)ccc2o1. The summed E-state index contributed by atoms with van der Waals surface area (Å²) < 4.78 is 5.69. The number of carbonyl (C=O) groups is 4. The molecule has 0 bridgehead atoms. The van der Waals surface area contributed by atoms with Crippen LogP contribution in [0.5, 0.6) is 0 Å². The molecule has 3 fully saturated rings. The molecule has 5 heterocycles. The van der Waals surface area contributed by atoms with Crippen LogP contribution < -0.4 is 10.6 Å². The molecule has 2 aromatic heterocycles. The summed E-state index contributed by atoms with van der Waals surface area (Å²) in [5.74, 6) is 1.45. The van der Waals surface area contributed by atoms with Crippen molar-refractivity contribution < 1.29 is 23.6 Å². The second kappa shape index (κ2) is 13.7. The number of amides is 4. The quantitative estimate of drug-likeness (QED) is 0.311. The highest BCUT2D eigenvalue weighted by Gasteiger charge is 2.31. The summed E-state index contributed by atoms with van der Waals surface area (Å²) in [4.78, 5) is 66.8. The number of hydrogen-bond acceptors (Lipinski definition) is 8. The van der Waals surface area contributed by atoms with Gasteiger partial charge < -0.3 is 24.4 Å². The Kier molecular flexibility index (Phi) is 9.34. The molecule has 13 heteroatoms. The fraction of sp³-hybridized carbons (Fsp3) is 0.438. The van der Waals surface area contributed by atoms with Crippen LogP contribution in [-0.4, -0.2) is 99.7 Å². The van der Waals surface area contributed by atoms with Crippen molar-refractivity contribution in [3.8, 4) is 0 Å². The number of nitrogens with one attached hydrogen (secondary N) is 2. The lowest BCUT2D eigenvalue weighted by atomic mass is 10.1. The molecule has 1 unspecified atom stereocenters. The summed E-state index contributed by atoms with van der Waals surface area (Å²) in [5, 5.41) is 6.88. The van der Waals surface area contributed by atoms with Crippen LogP contribution in [0, 0.1) is 6.92 Å². The van der Waals surface area contributed by atoms with E-state index in [0.29, 0.717) is 31.1 Å². The van der Waals surface area contributed by atoms with E-state index in [9.17, 15) is 19.2 Å². The molecule has 0 radical (unpaired) electrons. The van der Waals surface area contributed by atoms with Crippen LogP contribution >= 0.6 is 11.8 Å². The predicted octanol–water partition coefficient (Wildman–Crippen LogP) is 3.48. The van der Waals surface area contributed by atoms with E-state index in [1.807, 2.05) is 36.1 Å². The first-order valence-corrected chi connectivity index (χ1v) is 16.6. The Bertz CT molecular complexity index is 1610. The van der Waals surface area contributed by atoms with Crippen molar-refractivity contribution in [1.29, 1.82) is 0 Å². The zero-order valence-electron chi connectivity index (χ0n) is 25.3. The van der Waals surface area contributed by atoms with Crippen LogP contribution in [0.4, 0.5) is 5.69 Å². The number of hydrogen-bond donors (Lipinski definition) is 2. The van der Waals surface area contributed by atoms with E-state index >= 15 is 0 Å². The van der Waals surface area contributed by atoms with Crippen molar-refractivity contribution >= 4 is 58.0 Å². The number of nitrogens with zero attached hydrogens (tertiary/aromatic N) is 5. The van der Waals surface area contributed by atoms with Crippen molar-refractivity contribution in [2.45, 2.75) is 45.1 Å². The van der Waals surface area contributed by atoms with Crippen LogP contribution in [0.25, 0.3) is 11.0 Å². The molecule has 236 valence electrons. The molecule has 4 amide bonds. The van der Waals surface area contributed by atoms with Crippen LogP contribution in [0.2, 0.25) is 0 Å². The number of aliphatic imine (C=N–C) groups is 1. The van der Waals surface area contributed by atoms with E-state index in [2.05, 4.69) is 15.6 Å². The van der Waals surface area contributed by atoms with Crippen LogP contribution in [0.15, 0.2) is 52.0 Å². The third kappa shape index (κ3) is 7.30. The summed E-state index contributed by atoms with van der Waals surface area (Å²) in [6, 6.07) is 9.74. The van der Waals surface area contributed by atoms with Gasteiger partial charge in [-0.2, -0.15) is 0 Å². The second-order valence-electron chi connectivity index (χ2n) is 11.6. The number of thioether (sulfide) groups is 1. The maximum absolute atomic E-state index is 13.7. The maximum Gasteiger partial charge on any atom is 0.273 e. The van der Waals surface area contributed by atoms with E-state index in [1.165, 1.54) is 6.20 Å². The van der Waals surface area contributed by atoms with Gasteiger partial charge >= 0.3 is 0 Å². The minimum atomic E-state index is -0.780. The van der Waals surface area contributed by atoms with Gasteiger partial charge in [0.25, 0.3) is 11.8 Å². The Labute approximate surface area is 265 Å². The second-order valence-corrected chi connectivity index (χ2v) is 12.6. The van der Waals surface area contributed by atoms with Crippen molar-refractivity contribution in [2.75, 3.05) is 49.7 Å². The zero-order valence-corrected chi connectivity index (χ0v) is 26.1. The lowest BCUT2D eigenvalue weighted by Crippen LogP contribution is -2.45. The number of carbonyl (C=O) groups excluding carboxylic acids is 4. The van der Waals surface area contributed by atoms with Gasteiger partial charge in [0, 0.05) is 49.2 Å². The predicted molar refractivity (Wildman–Crippen MR) is 172 cm³/mol. The molecule has 0 aliphatic carbocycles. The van der Waals surface area contributed by atoms with E-state index in [0.717, 1.165) is 61.3 Å². The molecule has 1 aromatic carbocycles. The number of anilines is 1. The van der Waals surface area contributed by atoms with Gasteiger partial charge in [-0.25, -0.2) is 4.99 Å². The highest BCUT2D eigenvalue weighted by atomic mass is 32.2. The molecule has 0 spiro atoms. The lowest BCUT2D eigenvalue weighted by molar-refractivity contribution is -0.140. The topological polar surface area (TPSA) is 140 Å². The van der Waals surface area contributed by atoms with E-state index in [-0.39, 0.29) is 41.5 Å². The highest BCUT2D eigenvalue weighted by Crippen LogP contribution is 2.23. The van der Waals surface area contributed by atoms with Gasteiger partial charge in [0.15, 0.2) is 0 Å². The summed E-state index contributed by atoms with van der Waals surface area (Å²) in [5.41, 5.74) is 1.89. The molecular formula is C32H37N7O5S. The van der Waals surface area contributed by atoms with Gasteiger partial charge in [-0.3, -0.25) is 29.5 Å². The molecule has 45 heavy (non-hydrogen) atoms. The molecule has 1 atom stereocenters. The van der Waals surface area contributed by atoms with Gasteiger partial charge in [-0.05, 0) is 75.4 Å². The van der Waals surface area contributed by atoms with Crippen molar-refractivity contribution in [3.63, 3.8) is 0 Å². The van der Waals surface area contributed by atoms with Crippen molar-refractivity contribution in [1.82, 2.24) is 25.0 Å². The highest BCUT2D eigenvalue weighted by molar-refractivity contribution is 7.99. The standard InChI is InChI=1S/C32H37N7O5S/c1-21-16-23-17-24(8-10-27(23)44-21)34-32(36-29(41)22-7-9-25(33-18-22)30(42)39-14-15-45-20-39)35-26-6-2-3-13-38(31(26)43)19-28(40)37-11-4-5-12-37/h7-10,16-18,26H,2-6,11-15,19-20H2,1H3,(H2,34,35,36,41). The maximum atomic E-state index is 13.7. The van der Waals surface area contributed by atoms with Gasteiger partial charge in [0.05, 0.1) is 18.0 Å². The van der Waals surface area contributed by atoms with Crippen LogP contribution in [0.1, 0.15) is 58.7 Å². The summed E-state index contributed by atoms with van der Waals surface area (Å²) in [6.45, 7) is 4.52. The molecule has 3 aliphatic heterocycles. The lowest BCUT2D eigenvalue weighted by Gasteiger charge is -2.25. The molecule has 2 N–H and O–H groups in total. The first-order valence-electron chi connectivity index (χ1n) is 15.4. The van der Waals surface area contributed by atoms with Gasteiger partial charge in [-0.15, -0.1) is 11.8 Å². The number of benzene rings is 1. The molecule has 0 saturated carbocycles. The smallest absolute Gasteiger partial charge is 0.273 e. The average Bonchev–Trinajstić information content (AvgIpc) is 3.82. The van der Waals surface area contributed by atoms with Crippen molar-refractivity contribution in [2.24, 2.45) is 4.99 Å². The number of likely N-dealkylation sites (tertiary alicyclic amines) is 2. The van der Waals surface area contributed by atoms with E-state index < -0.39 is 11.9 Å². The average molecular weight is 632 g/mol. The molecule has 12 nitrogen and oxygen atoms in total. The number of aryl methyl sites for hydroxylation is 1. The monoisotopic (exact) mass is 631 g/mol. The Morgan fingerprint density at radius 3 is 2.60 bits per heavy atom. The normalized spacial score (nSPS) is 19.2. The summed E-state index contributed by atoms with van der Waals surface area (Å²) in [7, 11) is 0. The van der Waals surface area contributed by atoms with E-state index in [4.69, 9.17) is 9.41 Å². The van der Waals surface area contributed by atoms with Crippen LogP contribution in [0.3, 0.4) is 0 Å². The Morgan fingerprint density at radius 2 is 1.84 bits per heavy atom. The Hall–Kier alpha value is -4.39. The summed E-state index contributed by atoms with van der Waals surface area (Å²) >= 11 is 1.69. The molecular weight excluding hydrogens is 594 g/mol. The minimum Gasteiger partial charge on any atom is -0.461 e. The van der Waals surface area contributed by atoms with Crippen molar-refractivity contribution in [3.05, 3.63) is 59.6 Å². The molecule has 6 rings (SSSR count). The number of furan rings is 1. The number of fused-ring (bicyclic) bond motifs is 1. The molecule has 3 aliphatic rings.